The Kier molecular flexibility index (Phi) is 3.49. The number of hydrogen-bond acceptors (Lipinski definition) is 3. The van der Waals surface area contributed by atoms with Gasteiger partial charge in [0.25, 0.3) is 5.91 Å². The van der Waals surface area contributed by atoms with Gasteiger partial charge < -0.3 is 5.32 Å². The molecule has 0 atom stereocenters. The summed E-state index contributed by atoms with van der Waals surface area (Å²) in [5, 5.41) is 2.77. The van der Waals surface area contributed by atoms with Crippen molar-refractivity contribution in [3.63, 3.8) is 0 Å². The molecule has 2 aromatic rings. The van der Waals surface area contributed by atoms with Gasteiger partial charge in [0.2, 0.25) is 0 Å². The van der Waals surface area contributed by atoms with Crippen LogP contribution in [-0.4, -0.2) is 15.9 Å². The molecule has 1 aromatic carbocycles. The van der Waals surface area contributed by atoms with Gasteiger partial charge in [-0.15, -0.1) is 0 Å². The number of carbonyl (C=O) groups excluding carboxylic acids is 1. The Bertz CT molecular complexity index is 557. The van der Waals surface area contributed by atoms with Gasteiger partial charge in [-0.05, 0) is 31.2 Å². The summed E-state index contributed by atoms with van der Waals surface area (Å²) in [5.74, 6) is -0.242. The highest BCUT2D eigenvalue weighted by molar-refractivity contribution is 9.10. The second kappa shape index (κ2) is 5.05. The van der Waals surface area contributed by atoms with E-state index in [1.54, 1.807) is 6.07 Å². The molecule has 4 nitrogen and oxygen atoms in total. The van der Waals surface area contributed by atoms with E-state index in [1.165, 1.54) is 6.33 Å². The molecule has 0 saturated carbocycles. The fourth-order valence-electron chi connectivity index (χ4n) is 1.34. The molecule has 1 heterocycles. The summed E-state index contributed by atoms with van der Waals surface area (Å²) >= 11 is 3.34. The lowest BCUT2D eigenvalue weighted by Gasteiger charge is -2.05. The van der Waals surface area contributed by atoms with E-state index in [2.05, 4.69) is 31.2 Å². The van der Waals surface area contributed by atoms with Gasteiger partial charge in [-0.3, -0.25) is 4.79 Å². The zero-order valence-corrected chi connectivity index (χ0v) is 10.7. The van der Waals surface area contributed by atoms with Crippen molar-refractivity contribution in [2.24, 2.45) is 0 Å². The quantitative estimate of drug-likeness (QED) is 0.926. The minimum Gasteiger partial charge on any atom is -0.321 e. The monoisotopic (exact) mass is 291 g/mol. The van der Waals surface area contributed by atoms with Crippen molar-refractivity contribution in [1.29, 1.82) is 0 Å². The third kappa shape index (κ3) is 3.10. The summed E-state index contributed by atoms with van der Waals surface area (Å²) in [6, 6.07) is 9.03. The lowest BCUT2D eigenvalue weighted by Crippen LogP contribution is -2.14. The molecule has 2 rings (SSSR count). The Balaban J connectivity index is 2.17. The topological polar surface area (TPSA) is 54.9 Å². The Hall–Kier alpha value is -1.75. The molecule has 0 aliphatic carbocycles. The predicted octanol–water partition coefficient (Wildman–Crippen LogP) is 2.80. The van der Waals surface area contributed by atoms with Crippen LogP contribution in [0.1, 0.15) is 16.2 Å². The molecular weight excluding hydrogens is 282 g/mol. The van der Waals surface area contributed by atoms with Gasteiger partial charge in [-0.1, -0.05) is 22.0 Å². The molecule has 5 heteroatoms. The fourth-order valence-corrected chi connectivity index (χ4v) is 1.74. The molecule has 1 amide bonds. The second-order valence-electron chi connectivity index (χ2n) is 3.51. The molecule has 0 bridgehead atoms. The van der Waals surface area contributed by atoms with E-state index in [9.17, 15) is 4.79 Å². The van der Waals surface area contributed by atoms with Gasteiger partial charge in [0.15, 0.2) is 0 Å². The molecule has 86 valence electrons. The third-order valence-electron chi connectivity index (χ3n) is 2.12. The number of amides is 1. The summed E-state index contributed by atoms with van der Waals surface area (Å²) in [7, 11) is 0. The van der Waals surface area contributed by atoms with E-state index in [-0.39, 0.29) is 5.91 Å². The molecule has 1 aromatic heterocycles. The van der Waals surface area contributed by atoms with Crippen molar-refractivity contribution in [1.82, 2.24) is 9.97 Å². The molecule has 0 aliphatic heterocycles. The molecule has 1 N–H and O–H groups in total. The van der Waals surface area contributed by atoms with Gasteiger partial charge in [0.05, 0.1) is 0 Å². The normalized spacial score (nSPS) is 10.0. The van der Waals surface area contributed by atoms with Crippen LogP contribution < -0.4 is 5.32 Å². The van der Waals surface area contributed by atoms with Crippen LogP contribution in [0, 0.1) is 6.92 Å². The van der Waals surface area contributed by atoms with Gasteiger partial charge in [-0.25, -0.2) is 9.97 Å². The zero-order valence-electron chi connectivity index (χ0n) is 9.14. The number of hydrogen-bond donors (Lipinski definition) is 1. The number of nitrogens with one attached hydrogen (secondary N) is 1. The van der Waals surface area contributed by atoms with Crippen LogP contribution >= 0.6 is 15.9 Å². The van der Waals surface area contributed by atoms with Crippen LogP contribution in [0.25, 0.3) is 0 Å². The van der Waals surface area contributed by atoms with Crippen LogP contribution in [0.2, 0.25) is 0 Å². The van der Waals surface area contributed by atoms with Crippen molar-refractivity contribution in [2.75, 3.05) is 5.32 Å². The largest absolute Gasteiger partial charge is 0.321 e. The highest BCUT2D eigenvalue weighted by atomic mass is 79.9. The highest BCUT2D eigenvalue weighted by Crippen LogP contribution is 2.16. The van der Waals surface area contributed by atoms with Crippen LogP contribution in [0.4, 0.5) is 5.69 Å². The standard InChI is InChI=1S/C12H10BrN3O/c1-8-5-11(15-7-14-8)12(17)16-10-4-2-3-9(13)6-10/h2-7H,1H3,(H,16,17). The van der Waals surface area contributed by atoms with Gasteiger partial charge in [0, 0.05) is 15.9 Å². The fraction of sp³-hybridized carbons (Fsp3) is 0.0833. The van der Waals surface area contributed by atoms with E-state index in [0.29, 0.717) is 5.69 Å². The van der Waals surface area contributed by atoms with Gasteiger partial charge in [-0.2, -0.15) is 0 Å². The summed E-state index contributed by atoms with van der Waals surface area (Å²) < 4.78 is 0.911. The summed E-state index contributed by atoms with van der Waals surface area (Å²) in [5.41, 5.74) is 1.84. The number of anilines is 1. The van der Waals surface area contributed by atoms with Crippen molar-refractivity contribution in [2.45, 2.75) is 6.92 Å². The second-order valence-corrected chi connectivity index (χ2v) is 4.42. The van der Waals surface area contributed by atoms with Crippen molar-refractivity contribution in [3.8, 4) is 0 Å². The molecule has 0 fully saturated rings. The smallest absolute Gasteiger partial charge is 0.274 e. The average molecular weight is 292 g/mol. The highest BCUT2D eigenvalue weighted by Gasteiger charge is 2.07. The van der Waals surface area contributed by atoms with E-state index < -0.39 is 0 Å². The van der Waals surface area contributed by atoms with E-state index >= 15 is 0 Å². The summed E-state index contributed by atoms with van der Waals surface area (Å²) in [6.07, 6.45) is 1.38. The molecule has 0 unspecified atom stereocenters. The number of benzene rings is 1. The summed E-state index contributed by atoms with van der Waals surface area (Å²) in [4.78, 5) is 19.7. The maximum Gasteiger partial charge on any atom is 0.274 e. The lowest BCUT2D eigenvalue weighted by atomic mass is 10.3. The molecule has 0 spiro atoms. The van der Waals surface area contributed by atoms with Crippen LogP contribution in [0.15, 0.2) is 41.1 Å². The van der Waals surface area contributed by atoms with Crippen molar-refractivity contribution in [3.05, 3.63) is 52.5 Å². The maximum absolute atomic E-state index is 11.9. The predicted molar refractivity (Wildman–Crippen MR) is 68.9 cm³/mol. The third-order valence-corrected chi connectivity index (χ3v) is 2.61. The van der Waals surface area contributed by atoms with Gasteiger partial charge in [0.1, 0.15) is 12.0 Å². The lowest BCUT2D eigenvalue weighted by molar-refractivity contribution is 0.102. The molecule has 0 aliphatic rings. The zero-order chi connectivity index (χ0) is 12.3. The molecule has 0 radical (unpaired) electrons. The first-order valence-corrected chi connectivity index (χ1v) is 5.80. The van der Waals surface area contributed by atoms with Crippen LogP contribution in [-0.2, 0) is 0 Å². The number of halogens is 1. The minimum absolute atomic E-state index is 0.242. The van der Waals surface area contributed by atoms with Crippen molar-refractivity contribution < 1.29 is 4.79 Å². The Morgan fingerprint density at radius 1 is 1.29 bits per heavy atom. The van der Waals surface area contributed by atoms with E-state index in [0.717, 1.165) is 15.9 Å². The number of aryl methyl sites for hydroxylation is 1. The maximum atomic E-state index is 11.9. The summed E-state index contributed by atoms with van der Waals surface area (Å²) in [6.45, 7) is 1.82. The van der Waals surface area contributed by atoms with E-state index in [4.69, 9.17) is 0 Å². The Morgan fingerprint density at radius 2 is 2.12 bits per heavy atom. The van der Waals surface area contributed by atoms with Crippen LogP contribution in [0.3, 0.4) is 0 Å². The number of carbonyl (C=O) groups is 1. The first-order chi connectivity index (χ1) is 8.15. The molecular formula is C12H10BrN3O. The first kappa shape index (κ1) is 11.7. The van der Waals surface area contributed by atoms with E-state index in [1.807, 2.05) is 31.2 Å². The number of rotatable bonds is 2. The minimum atomic E-state index is -0.242. The number of aromatic nitrogens is 2. The SMILES string of the molecule is Cc1cc(C(=O)Nc2cccc(Br)c2)ncn1. The Morgan fingerprint density at radius 3 is 2.82 bits per heavy atom. The van der Waals surface area contributed by atoms with Crippen molar-refractivity contribution >= 4 is 27.5 Å². The van der Waals surface area contributed by atoms with Gasteiger partial charge >= 0.3 is 0 Å². The molecule has 17 heavy (non-hydrogen) atoms. The molecule has 0 saturated heterocycles. The average Bonchev–Trinajstić information content (AvgIpc) is 2.29. The first-order valence-electron chi connectivity index (χ1n) is 5.01. The van der Waals surface area contributed by atoms with Crippen LogP contribution in [0.5, 0.6) is 0 Å². The number of nitrogens with zero attached hydrogens (tertiary/aromatic N) is 2. The Labute approximate surface area is 107 Å².